The summed E-state index contributed by atoms with van der Waals surface area (Å²) in [5.41, 5.74) is 2.08. The standard InChI is InChI=1S/C33H60O7/c1-10-11-12-13-20(3)29(35)22(5)18-19(2)14-16-27(34)23(6)30(36)25(8)31(37)26(9)32-21(4)15-17-28(40-32)24(7)33(38)39/h13,18,21-32,34-37H,10-12,14-17H2,1-9H3,(H,38,39). The third kappa shape index (κ3) is 10.9. The highest BCUT2D eigenvalue weighted by atomic mass is 16.5. The highest BCUT2D eigenvalue weighted by molar-refractivity contribution is 5.70. The number of rotatable bonds is 17. The van der Waals surface area contributed by atoms with Crippen molar-refractivity contribution >= 4 is 5.97 Å². The number of carbonyl (C=O) groups is 1. The topological polar surface area (TPSA) is 127 Å². The van der Waals surface area contributed by atoms with Crippen LogP contribution in [0, 0.1) is 35.5 Å². The smallest absolute Gasteiger partial charge is 0.308 e. The van der Waals surface area contributed by atoms with Gasteiger partial charge in [0.2, 0.25) is 0 Å². The summed E-state index contributed by atoms with van der Waals surface area (Å²) in [7, 11) is 0. The Labute approximate surface area is 243 Å². The number of ether oxygens (including phenoxy) is 1. The minimum atomic E-state index is -0.916. The van der Waals surface area contributed by atoms with E-state index in [9.17, 15) is 30.3 Å². The molecule has 7 nitrogen and oxygen atoms in total. The highest BCUT2D eigenvalue weighted by Crippen LogP contribution is 2.36. The molecule has 0 aliphatic carbocycles. The fourth-order valence-corrected chi connectivity index (χ4v) is 6.08. The Morgan fingerprint density at radius 3 is 2.17 bits per heavy atom. The lowest BCUT2D eigenvalue weighted by Gasteiger charge is -2.43. The Balaban J connectivity index is 2.71. The van der Waals surface area contributed by atoms with E-state index in [1.165, 1.54) is 0 Å². The minimum Gasteiger partial charge on any atom is -0.481 e. The quantitative estimate of drug-likeness (QED) is 0.112. The van der Waals surface area contributed by atoms with Crippen molar-refractivity contribution in [2.75, 3.05) is 0 Å². The molecule has 1 rings (SSSR count). The summed E-state index contributed by atoms with van der Waals surface area (Å²) in [5.74, 6) is -2.61. The van der Waals surface area contributed by atoms with Crippen LogP contribution in [0.1, 0.15) is 107 Å². The largest absolute Gasteiger partial charge is 0.481 e. The molecule has 0 bridgehead atoms. The van der Waals surface area contributed by atoms with Crippen molar-refractivity contribution in [1.29, 1.82) is 0 Å². The van der Waals surface area contributed by atoms with E-state index in [0.717, 1.165) is 36.8 Å². The van der Waals surface area contributed by atoms with Gasteiger partial charge in [-0.1, -0.05) is 72.1 Å². The van der Waals surface area contributed by atoms with E-state index in [4.69, 9.17) is 4.74 Å². The Morgan fingerprint density at radius 2 is 1.60 bits per heavy atom. The predicted octanol–water partition coefficient (Wildman–Crippen LogP) is 5.74. The van der Waals surface area contributed by atoms with Crippen LogP contribution in [0.3, 0.4) is 0 Å². The van der Waals surface area contributed by atoms with Crippen molar-refractivity contribution in [2.45, 2.75) is 144 Å². The number of aliphatic carboxylic acids is 1. The monoisotopic (exact) mass is 568 g/mol. The second-order valence-corrected chi connectivity index (χ2v) is 12.9. The molecule has 0 radical (unpaired) electrons. The fourth-order valence-electron chi connectivity index (χ4n) is 6.08. The van der Waals surface area contributed by atoms with Crippen LogP contribution in [0.4, 0.5) is 0 Å². The van der Waals surface area contributed by atoms with Gasteiger partial charge in [0.15, 0.2) is 0 Å². The molecule has 0 aromatic carbocycles. The summed E-state index contributed by atoms with van der Waals surface area (Å²) in [5, 5.41) is 53.2. The van der Waals surface area contributed by atoms with E-state index < -0.39 is 54.2 Å². The number of carboxylic acid groups (broad SMARTS) is 1. The summed E-state index contributed by atoms with van der Waals surface area (Å²) in [6, 6.07) is 0. The van der Waals surface area contributed by atoms with Gasteiger partial charge >= 0.3 is 5.97 Å². The zero-order chi connectivity index (χ0) is 30.7. The summed E-state index contributed by atoms with van der Waals surface area (Å²) in [6.07, 6.45) is 6.28. The Kier molecular flexibility index (Phi) is 16.2. The second kappa shape index (κ2) is 17.6. The molecule has 1 aliphatic heterocycles. The first-order valence-electron chi connectivity index (χ1n) is 15.6. The zero-order valence-corrected chi connectivity index (χ0v) is 26.6. The Bertz CT molecular complexity index is 809. The van der Waals surface area contributed by atoms with Gasteiger partial charge in [-0.15, -0.1) is 0 Å². The number of allylic oxidation sites excluding steroid dienone is 2. The molecule has 5 N–H and O–H groups in total. The van der Waals surface area contributed by atoms with Gasteiger partial charge in [-0.3, -0.25) is 4.79 Å². The van der Waals surface area contributed by atoms with Gasteiger partial charge in [0.25, 0.3) is 0 Å². The number of aliphatic hydroxyl groups excluding tert-OH is 4. The Morgan fingerprint density at radius 1 is 0.975 bits per heavy atom. The molecular weight excluding hydrogens is 508 g/mol. The lowest BCUT2D eigenvalue weighted by atomic mass is 9.76. The number of unbranched alkanes of at least 4 members (excludes halogenated alkanes) is 2. The average Bonchev–Trinajstić information content (AvgIpc) is 2.93. The molecule has 0 saturated carbocycles. The molecular formula is C33H60O7. The molecule has 0 aromatic rings. The van der Waals surface area contributed by atoms with E-state index in [1.807, 2.05) is 34.6 Å². The fraction of sp³-hybridized carbons (Fsp3) is 0.848. The van der Waals surface area contributed by atoms with Crippen LogP contribution in [0.15, 0.2) is 23.3 Å². The molecule has 1 fully saturated rings. The van der Waals surface area contributed by atoms with E-state index in [0.29, 0.717) is 19.3 Å². The zero-order valence-electron chi connectivity index (χ0n) is 26.6. The molecule has 12 unspecified atom stereocenters. The summed E-state index contributed by atoms with van der Waals surface area (Å²) in [6.45, 7) is 17.3. The first-order valence-corrected chi connectivity index (χ1v) is 15.6. The maximum Gasteiger partial charge on any atom is 0.308 e. The second-order valence-electron chi connectivity index (χ2n) is 12.9. The van der Waals surface area contributed by atoms with Crippen molar-refractivity contribution in [3.8, 4) is 0 Å². The number of carboxylic acids is 1. The SMILES string of the molecule is CCCCC=C(C)C(O)C(C)C=C(C)CCC(O)C(C)C(O)C(C)C(O)C(C)C1OC(C(C)C(=O)O)CCC1C. The predicted molar refractivity (Wildman–Crippen MR) is 161 cm³/mol. The van der Waals surface area contributed by atoms with Crippen molar-refractivity contribution in [1.82, 2.24) is 0 Å². The van der Waals surface area contributed by atoms with Gasteiger partial charge in [0.1, 0.15) is 0 Å². The Hall–Kier alpha value is -1.25. The first-order chi connectivity index (χ1) is 18.6. The molecule has 1 saturated heterocycles. The van der Waals surface area contributed by atoms with Gasteiger partial charge < -0.3 is 30.3 Å². The lowest BCUT2D eigenvalue weighted by Crippen LogP contribution is -2.49. The van der Waals surface area contributed by atoms with Crippen molar-refractivity contribution in [3.63, 3.8) is 0 Å². The van der Waals surface area contributed by atoms with Crippen LogP contribution >= 0.6 is 0 Å². The molecule has 12 atom stereocenters. The van der Waals surface area contributed by atoms with Gasteiger partial charge in [-0.25, -0.2) is 0 Å². The normalized spacial score (nSPS) is 27.7. The molecule has 7 heteroatoms. The van der Waals surface area contributed by atoms with Gasteiger partial charge in [0, 0.05) is 23.7 Å². The lowest BCUT2D eigenvalue weighted by molar-refractivity contribution is -0.169. The third-order valence-electron chi connectivity index (χ3n) is 9.40. The van der Waals surface area contributed by atoms with Crippen molar-refractivity contribution in [2.24, 2.45) is 35.5 Å². The molecule has 40 heavy (non-hydrogen) atoms. The molecule has 0 spiro atoms. The van der Waals surface area contributed by atoms with E-state index in [2.05, 4.69) is 26.0 Å². The molecule has 1 heterocycles. The van der Waals surface area contributed by atoms with Crippen LogP contribution in [-0.2, 0) is 9.53 Å². The average molecular weight is 569 g/mol. The van der Waals surface area contributed by atoms with Crippen LogP contribution in [0.2, 0.25) is 0 Å². The van der Waals surface area contributed by atoms with Gasteiger partial charge in [-0.05, 0) is 64.4 Å². The van der Waals surface area contributed by atoms with Crippen LogP contribution < -0.4 is 0 Å². The van der Waals surface area contributed by atoms with E-state index in [-0.39, 0.29) is 23.9 Å². The first kappa shape index (κ1) is 36.8. The van der Waals surface area contributed by atoms with Crippen molar-refractivity contribution < 1.29 is 35.1 Å². The number of aliphatic hydroxyl groups is 4. The number of hydrogen-bond acceptors (Lipinski definition) is 6. The van der Waals surface area contributed by atoms with Crippen LogP contribution in [-0.4, -0.2) is 68.1 Å². The van der Waals surface area contributed by atoms with Crippen molar-refractivity contribution in [3.05, 3.63) is 23.3 Å². The maximum atomic E-state index is 11.5. The molecule has 234 valence electrons. The highest BCUT2D eigenvalue weighted by Gasteiger charge is 2.41. The summed E-state index contributed by atoms with van der Waals surface area (Å²) in [4.78, 5) is 11.5. The minimum absolute atomic E-state index is 0.0304. The summed E-state index contributed by atoms with van der Waals surface area (Å²) >= 11 is 0. The van der Waals surface area contributed by atoms with Gasteiger partial charge in [0.05, 0.1) is 42.5 Å². The van der Waals surface area contributed by atoms with Crippen LogP contribution in [0.25, 0.3) is 0 Å². The van der Waals surface area contributed by atoms with E-state index in [1.54, 1.807) is 13.8 Å². The van der Waals surface area contributed by atoms with Gasteiger partial charge in [-0.2, -0.15) is 0 Å². The molecule has 1 aliphatic rings. The van der Waals surface area contributed by atoms with Crippen LogP contribution in [0.5, 0.6) is 0 Å². The maximum absolute atomic E-state index is 11.5. The molecule has 0 aromatic heterocycles. The summed E-state index contributed by atoms with van der Waals surface area (Å²) < 4.78 is 6.20. The number of hydrogen-bond donors (Lipinski definition) is 5. The third-order valence-corrected chi connectivity index (χ3v) is 9.40. The van der Waals surface area contributed by atoms with E-state index >= 15 is 0 Å². The molecule has 0 amide bonds.